The monoisotopic (exact) mass is 305 g/mol. The van der Waals surface area contributed by atoms with Crippen molar-refractivity contribution in [3.63, 3.8) is 0 Å². The highest BCUT2D eigenvalue weighted by Crippen LogP contribution is 2.16. The number of carbonyl (C=O) groups is 1. The summed E-state index contributed by atoms with van der Waals surface area (Å²) >= 11 is 0. The lowest BCUT2D eigenvalue weighted by Crippen LogP contribution is -2.50. The highest BCUT2D eigenvalue weighted by Gasteiger charge is 2.20. The second-order valence-electron chi connectivity index (χ2n) is 6.17. The fourth-order valence-corrected chi connectivity index (χ4v) is 2.49. The maximum absolute atomic E-state index is 12.3. The van der Waals surface area contributed by atoms with Crippen LogP contribution in [0.25, 0.3) is 0 Å². The molecule has 1 aromatic rings. The Morgan fingerprint density at radius 3 is 2.36 bits per heavy atom. The summed E-state index contributed by atoms with van der Waals surface area (Å²) in [4.78, 5) is 16.6. The molecule has 2 amide bonds. The van der Waals surface area contributed by atoms with Gasteiger partial charge < -0.3 is 15.0 Å². The molecule has 0 aliphatic carbocycles. The van der Waals surface area contributed by atoms with E-state index in [1.807, 2.05) is 29.2 Å². The van der Waals surface area contributed by atoms with Gasteiger partial charge in [-0.3, -0.25) is 4.90 Å². The van der Waals surface area contributed by atoms with Crippen molar-refractivity contribution in [3.8, 4) is 5.75 Å². The third-order valence-corrected chi connectivity index (χ3v) is 4.02. The Bertz CT molecular complexity index is 465. The SMILES string of the molecule is COc1ccc(NC(=O)N2CCN(CCC(C)C)CC2)cc1. The molecule has 0 atom stereocenters. The number of ether oxygens (including phenoxy) is 1. The van der Waals surface area contributed by atoms with Gasteiger partial charge in [0.15, 0.2) is 0 Å². The number of hydrogen-bond donors (Lipinski definition) is 1. The molecule has 0 bridgehead atoms. The molecule has 0 saturated carbocycles. The predicted molar refractivity (Wildman–Crippen MR) is 89.5 cm³/mol. The number of anilines is 1. The van der Waals surface area contributed by atoms with E-state index in [0.29, 0.717) is 0 Å². The summed E-state index contributed by atoms with van der Waals surface area (Å²) < 4.78 is 5.11. The van der Waals surface area contributed by atoms with Gasteiger partial charge in [0, 0.05) is 31.9 Å². The van der Waals surface area contributed by atoms with Gasteiger partial charge in [-0.05, 0) is 43.1 Å². The molecule has 1 aromatic carbocycles. The third-order valence-electron chi connectivity index (χ3n) is 4.02. The summed E-state index contributed by atoms with van der Waals surface area (Å²) in [6, 6.07) is 7.39. The summed E-state index contributed by atoms with van der Waals surface area (Å²) in [5.41, 5.74) is 0.799. The van der Waals surface area contributed by atoms with Gasteiger partial charge in [0.2, 0.25) is 0 Å². The van der Waals surface area contributed by atoms with Crippen molar-refractivity contribution in [2.45, 2.75) is 20.3 Å². The van der Waals surface area contributed by atoms with Crippen LogP contribution in [0.3, 0.4) is 0 Å². The quantitative estimate of drug-likeness (QED) is 0.910. The van der Waals surface area contributed by atoms with Gasteiger partial charge in [0.25, 0.3) is 0 Å². The van der Waals surface area contributed by atoms with Crippen molar-refractivity contribution in [3.05, 3.63) is 24.3 Å². The zero-order valence-corrected chi connectivity index (χ0v) is 13.8. The molecule has 0 radical (unpaired) electrons. The van der Waals surface area contributed by atoms with E-state index in [4.69, 9.17) is 4.74 Å². The van der Waals surface area contributed by atoms with Crippen LogP contribution in [-0.4, -0.2) is 55.7 Å². The van der Waals surface area contributed by atoms with E-state index < -0.39 is 0 Å². The number of hydrogen-bond acceptors (Lipinski definition) is 3. The Morgan fingerprint density at radius 2 is 1.82 bits per heavy atom. The zero-order chi connectivity index (χ0) is 15.9. The number of urea groups is 1. The molecule has 0 spiro atoms. The molecule has 5 nitrogen and oxygen atoms in total. The van der Waals surface area contributed by atoms with Crippen molar-refractivity contribution in [2.75, 3.05) is 45.2 Å². The van der Waals surface area contributed by atoms with Crippen molar-refractivity contribution < 1.29 is 9.53 Å². The molecular weight excluding hydrogens is 278 g/mol. The lowest BCUT2D eigenvalue weighted by molar-refractivity contribution is 0.143. The smallest absolute Gasteiger partial charge is 0.321 e. The Balaban J connectivity index is 1.77. The van der Waals surface area contributed by atoms with Crippen molar-refractivity contribution >= 4 is 11.7 Å². The summed E-state index contributed by atoms with van der Waals surface area (Å²) in [6.07, 6.45) is 1.22. The average Bonchev–Trinajstić information content (AvgIpc) is 2.54. The van der Waals surface area contributed by atoms with Crippen molar-refractivity contribution in [2.24, 2.45) is 5.92 Å². The standard InChI is InChI=1S/C17H27N3O2/c1-14(2)8-9-19-10-12-20(13-11-19)17(21)18-15-4-6-16(22-3)7-5-15/h4-7,14H,8-13H2,1-3H3,(H,18,21). The lowest BCUT2D eigenvalue weighted by Gasteiger charge is -2.35. The second kappa shape index (κ2) is 8.03. The third kappa shape index (κ3) is 4.91. The van der Waals surface area contributed by atoms with Gasteiger partial charge in [-0.15, -0.1) is 0 Å². The molecule has 22 heavy (non-hydrogen) atoms. The van der Waals surface area contributed by atoms with Crippen LogP contribution in [0.15, 0.2) is 24.3 Å². The first kappa shape index (κ1) is 16.6. The van der Waals surface area contributed by atoms with Gasteiger partial charge in [-0.25, -0.2) is 4.79 Å². The fourth-order valence-electron chi connectivity index (χ4n) is 2.49. The Hall–Kier alpha value is -1.75. The number of carbonyl (C=O) groups excluding carboxylic acids is 1. The van der Waals surface area contributed by atoms with E-state index in [1.165, 1.54) is 6.42 Å². The van der Waals surface area contributed by atoms with E-state index in [1.54, 1.807) is 7.11 Å². The number of nitrogens with one attached hydrogen (secondary N) is 1. The van der Waals surface area contributed by atoms with Crippen LogP contribution in [0.4, 0.5) is 10.5 Å². The molecule has 1 heterocycles. The van der Waals surface area contributed by atoms with Crippen molar-refractivity contribution in [1.29, 1.82) is 0 Å². The molecule has 1 aliphatic rings. The minimum atomic E-state index is -0.0197. The van der Waals surface area contributed by atoms with Crippen LogP contribution < -0.4 is 10.1 Å². The van der Waals surface area contributed by atoms with Crippen molar-refractivity contribution in [1.82, 2.24) is 9.80 Å². The van der Waals surface area contributed by atoms with Gasteiger partial charge >= 0.3 is 6.03 Å². The predicted octanol–water partition coefficient (Wildman–Crippen LogP) is 2.89. The lowest BCUT2D eigenvalue weighted by atomic mass is 10.1. The van der Waals surface area contributed by atoms with Crippen LogP contribution >= 0.6 is 0 Å². The molecule has 1 N–H and O–H groups in total. The molecule has 1 fully saturated rings. The van der Waals surface area contributed by atoms with E-state index in [0.717, 1.165) is 50.1 Å². The van der Waals surface area contributed by atoms with Crippen LogP contribution in [-0.2, 0) is 0 Å². The number of piperazine rings is 1. The summed E-state index contributed by atoms with van der Waals surface area (Å²) in [5, 5.41) is 2.94. The van der Waals surface area contributed by atoms with Gasteiger partial charge in [-0.1, -0.05) is 13.8 Å². The summed E-state index contributed by atoms with van der Waals surface area (Å²) in [5.74, 6) is 1.52. The molecule has 122 valence electrons. The van der Waals surface area contributed by atoms with E-state index in [2.05, 4.69) is 24.1 Å². The van der Waals surface area contributed by atoms with Gasteiger partial charge in [0.1, 0.15) is 5.75 Å². The Morgan fingerprint density at radius 1 is 1.18 bits per heavy atom. The number of benzene rings is 1. The van der Waals surface area contributed by atoms with Gasteiger partial charge in [-0.2, -0.15) is 0 Å². The van der Waals surface area contributed by atoms with Gasteiger partial charge in [0.05, 0.1) is 7.11 Å². The van der Waals surface area contributed by atoms with E-state index in [-0.39, 0.29) is 6.03 Å². The molecule has 1 saturated heterocycles. The highest BCUT2D eigenvalue weighted by molar-refractivity contribution is 5.89. The highest BCUT2D eigenvalue weighted by atomic mass is 16.5. The molecule has 5 heteroatoms. The minimum Gasteiger partial charge on any atom is -0.497 e. The molecule has 1 aliphatic heterocycles. The summed E-state index contributed by atoms with van der Waals surface area (Å²) in [6.45, 7) is 9.13. The fraction of sp³-hybridized carbons (Fsp3) is 0.588. The maximum Gasteiger partial charge on any atom is 0.321 e. The number of nitrogens with zero attached hydrogens (tertiary/aromatic N) is 2. The Labute approximate surface area is 133 Å². The number of amides is 2. The number of rotatable bonds is 5. The van der Waals surface area contributed by atoms with E-state index in [9.17, 15) is 4.79 Å². The summed E-state index contributed by atoms with van der Waals surface area (Å²) in [7, 11) is 1.63. The molecular formula is C17H27N3O2. The first-order chi connectivity index (χ1) is 10.6. The van der Waals surface area contributed by atoms with Crippen LogP contribution in [0.1, 0.15) is 20.3 Å². The minimum absolute atomic E-state index is 0.0197. The average molecular weight is 305 g/mol. The van der Waals surface area contributed by atoms with Crippen LogP contribution in [0, 0.1) is 5.92 Å². The van der Waals surface area contributed by atoms with Crippen LogP contribution in [0.5, 0.6) is 5.75 Å². The Kier molecular flexibility index (Phi) is 6.07. The van der Waals surface area contributed by atoms with Crippen LogP contribution in [0.2, 0.25) is 0 Å². The molecule has 2 rings (SSSR count). The molecule has 0 unspecified atom stereocenters. The number of methoxy groups -OCH3 is 1. The first-order valence-corrected chi connectivity index (χ1v) is 8.01. The topological polar surface area (TPSA) is 44.8 Å². The molecule has 0 aromatic heterocycles. The largest absolute Gasteiger partial charge is 0.497 e. The maximum atomic E-state index is 12.3. The van der Waals surface area contributed by atoms with E-state index >= 15 is 0 Å². The normalized spacial score (nSPS) is 15.9. The zero-order valence-electron chi connectivity index (χ0n) is 13.8. The second-order valence-corrected chi connectivity index (χ2v) is 6.17. The first-order valence-electron chi connectivity index (χ1n) is 8.01.